The molecule has 1 atom stereocenters. The van der Waals surface area contributed by atoms with E-state index < -0.39 is 5.60 Å². The van der Waals surface area contributed by atoms with Gasteiger partial charge < -0.3 is 14.7 Å². The van der Waals surface area contributed by atoms with Crippen LogP contribution in [0.25, 0.3) is 0 Å². The van der Waals surface area contributed by atoms with Gasteiger partial charge in [-0.25, -0.2) is 4.39 Å². The summed E-state index contributed by atoms with van der Waals surface area (Å²) in [4.78, 5) is 2.29. The van der Waals surface area contributed by atoms with Gasteiger partial charge in [0.25, 0.3) is 0 Å². The summed E-state index contributed by atoms with van der Waals surface area (Å²) >= 11 is 0. The molecule has 1 saturated heterocycles. The van der Waals surface area contributed by atoms with Crippen molar-refractivity contribution in [2.75, 3.05) is 26.7 Å². The van der Waals surface area contributed by atoms with E-state index in [1.807, 2.05) is 13.0 Å². The Morgan fingerprint density at radius 2 is 1.96 bits per heavy atom. The molecular formula is C19H28FNO2. The molecule has 0 bridgehead atoms. The van der Waals surface area contributed by atoms with Crippen molar-refractivity contribution in [1.82, 2.24) is 4.90 Å². The fraction of sp³-hybridized carbons (Fsp3) is 0.684. The van der Waals surface area contributed by atoms with Crippen molar-refractivity contribution in [3.05, 3.63) is 29.1 Å². The van der Waals surface area contributed by atoms with Gasteiger partial charge in [0.2, 0.25) is 0 Å². The van der Waals surface area contributed by atoms with Crippen LogP contribution < -0.4 is 4.74 Å². The average Bonchev–Trinajstić information content (AvgIpc) is 2.71. The topological polar surface area (TPSA) is 32.7 Å². The van der Waals surface area contributed by atoms with Crippen molar-refractivity contribution in [2.24, 2.45) is 11.3 Å². The summed E-state index contributed by atoms with van der Waals surface area (Å²) < 4.78 is 20.0. The van der Waals surface area contributed by atoms with E-state index in [2.05, 4.69) is 25.8 Å². The minimum Gasteiger partial charge on any atom is -0.490 e. The van der Waals surface area contributed by atoms with Crippen molar-refractivity contribution < 1.29 is 14.2 Å². The van der Waals surface area contributed by atoms with Gasteiger partial charge in [-0.3, -0.25) is 0 Å². The number of benzene rings is 1. The van der Waals surface area contributed by atoms with Gasteiger partial charge in [-0.2, -0.15) is 0 Å². The third kappa shape index (κ3) is 2.47. The molecule has 1 aliphatic heterocycles. The molecule has 3 rings (SSSR count). The van der Waals surface area contributed by atoms with Gasteiger partial charge in [-0.15, -0.1) is 0 Å². The van der Waals surface area contributed by atoms with Gasteiger partial charge >= 0.3 is 0 Å². The Morgan fingerprint density at radius 3 is 2.57 bits per heavy atom. The maximum Gasteiger partial charge on any atom is 0.165 e. The zero-order chi connectivity index (χ0) is 16.8. The van der Waals surface area contributed by atoms with E-state index in [9.17, 15) is 9.50 Å². The number of ether oxygens (including phenoxy) is 1. The van der Waals surface area contributed by atoms with Crippen LogP contribution in [0.2, 0.25) is 0 Å². The SMILES string of the molecule is CCOc1c(F)ccc2c1C(O)(C1CCN(C)CC1)C(C)(C)C2. The van der Waals surface area contributed by atoms with E-state index in [1.165, 1.54) is 6.07 Å². The lowest BCUT2D eigenvalue weighted by Crippen LogP contribution is -2.49. The number of rotatable bonds is 3. The number of likely N-dealkylation sites (tertiary alicyclic amines) is 1. The molecule has 1 N–H and O–H groups in total. The van der Waals surface area contributed by atoms with Crippen LogP contribution in [-0.2, 0) is 12.0 Å². The zero-order valence-electron chi connectivity index (χ0n) is 14.7. The third-order valence-electron chi connectivity index (χ3n) is 5.84. The number of halogens is 1. The van der Waals surface area contributed by atoms with Gasteiger partial charge in [0, 0.05) is 11.0 Å². The van der Waals surface area contributed by atoms with E-state index in [-0.39, 0.29) is 22.9 Å². The second-order valence-electron chi connectivity index (χ2n) is 7.75. The molecular weight excluding hydrogens is 293 g/mol. The van der Waals surface area contributed by atoms with Crippen LogP contribution in [-0.4, -0.2) is 36.8 Å². The molecule has 0 spiro atoms. The summed E-state index contributed by atoms with van der Waals surface area (Å²) in [5.74, 6) is 0.0302. The van der Waals surface area contributed by atoms with Crippen LogP contribution in [0.5, 0.6) is 5.75 Å². The normalized spacial score (nSPS) is 27.9. The Kier molecular flexibility index (Phi) is 4.18. The molecule has 1 aliphatic carbocycles. The number of hydrogen-bond donors (Lipinski definition) is 1. The molecule has 128 valence electrons. The molecule has 1 unspecified atom stereocenters. The predicted molar refractivity (Wildman–Crippen MR) is 89.2 cm³/mol. The van der Waals surface area contributed by atoms with E-state index in [1.54, 1.807) is 0 Å². The highest BCUT2D eigenvalue weighted by atomic mass is 19.1. The highest BCUT2D eigenvalue weighted by Gasteiger charge is 2.57. The van der Waals surface area contributed by atoms with Crippen molar-refractivity contribution in [2.45, 2.75) is 45.6 Å². The molecule has 4 heteroatoms. The maximum atomic E-state index is 14.4. The van der Waals surface area contributed by atoms with Crippen LogP contribution in [0.3, 0.4) is 0 Å². The quantitative estimate of drug-likeness (QED) is 0.927. The second-order valence-corrected chi connectivity index (χ2v) is 7.75. The molecule has 0 amide bonds. The predicted octanol–water partition coefficient (Wildman–Crippen LogP) is 3.34. The summed E-state index contributed by atoms with van der Waals surface area (Å²) in [6.45, 7) is 8.39. The molecule has 1 fully saturated rings. The average molecular weight is 321 g/mol. The second kappa shape index (κ2) is 5.75. The first-order valence-electron chi connectivity index (χ1n) is 8.67. The van der Waals surface area contributed by atoms with Gasteiger partial charge in [-0.1, -0.05) is 19.9 Å². The lowest BCUT2D eigenvalue weighted by molar-refractivity contribution is -0.122. The first kappa shape index (κ1) is 16.7. The fourth-order valence-electron chi connectivity index (χ4n) is 4.58. The maximum absolute atomic E-state index is 14.4. The van der Waals surface area contributed by atoms with Gasteiger partial charge in [0.15, 0.2) is 11.6 Å². The van der Waals surface area contributed by atoms with Gasteiger partial charge in [-0.05, 0) is 63.9 Å². The first-order chi connectivity index (χ1) is 10.8. The largest absolute Gasteiger partial charge is 0.490 e. The van der Waals surface area contributed by atoms with Crippen molar-refractivity contribution in [1.29, 1.82) is 0 Å². The molecule has 1 aromatic rings. The van der Waals surface area contributed by atoms with Crippen LogP contribution >= 0.6 is 0 Å². The van der Waals surface area contributed by atoms with E-state index in [0.717, 1.165) is 37.9 Å². The summed E-state index contributed by atoms with van der Waals surface area (Å²) in [7, 11) is 2.11. The molecule has 3 nitrogen and oxygen atoms in total. The highest BCUT2D eigenvalue weighted by Crippen LogP contribution is 2.58. The smallest absolute Gasteiger partial charge is 0.165 e. The van der Waals surface area contributed by atoms with Crippen LogP contribution in [0.15, 0.2) is 12.1 Å². The van der Waals surface area contributed by atoms with Crippen molar-refractivity contribution in [3.8, 4) is 5.75 Å². The molecule has 0 saturated carbocycles. The minimum absolute atomic E-state index is 0.135. The van der Waals surface area contributed by atoms with Crippen LogP contribution in [0.1, 0.15) is 44.7 Å². The Hall–Kier alpha value is -1.13. The Bertz CT molecular complexity index is 593. The lowest BCUT2D eigenvalue weighted by Gasteiger charge is -2.46. The Labute approximate surface area is 138 Å². The number of aliphatic hydroxyl groups is 1. The molecule has 0 aromatic heterocycles. The van der Waals surface area contributed by atoms with Crippen molar-refractivity contribution >= 4 is 0 Å². The number of nitrogens with zero attached hydrogens (tertiary/aromatic N) is 1. The monoisotopic (exact) mass is 321 g/mol. The summed E-state index contributed by atoms with van der Waals surface area (Å²) in [5.41, 5.74) is 0.381. The summed E-state index contributed by atoms with van der Waals surface area (Å²) in [6.07, 6.45) is 2.61. The molecule has 23 heavy (non-hydrogen) atoms. The Morgan fingerprint density at radius 1 is 1.30 bits per heavy atom. The zero-order valence-corrected chi connectivity index (χ0v) is 14.7. The summed E-state index contributed by atoms with van der Waals surface area (Å²) in [5, 5.41) is 11.8. The van der Waals surface area contributed by atoms with Crippen molar-refractivity contribution in [3.63, 3.8) is 0 Å². The number of fused-ring (bicyclic) bond motifs is 1. The van der Waals surface area contributed by atoms with E-state index in [4.69, 9.17) is 4.74 Å². The fourth-order valence-corrected chi connectivity index (χ4v) is 4.58. The van der Waals surface area contributed by atoms with E-state index >= 15 is 0 Å². The number of hydrogen-bond acceptors (Lipinski definition) is 3. The first-order valence-corrected chi connectivity index (χ1v) is 8.67. The Balaban J connectivity index is 2.12. The lowest BCUT2D eigenvalue weighted by atomic mass is 9.65. The standard InChI is InChI=1S/C19H28FNO2/c1-5-23-17-15(20)7-6-13-12-18(2,3)19(22,16(13)17)14-8-10-21(4)11-9-14/h6-7,14,22H,5,8-12H2,1-4H3. The minimum atomic E-state index is -1.03. The van der Waals surface area contributed by atoms with Gasteiger partial charge in [0.1, 0.15) is 5.60 Å². The van der Waals surface area contributed by atoms with Gasteiger partial charge in [0.05, 0.1) is 6.61 Å². The van der Waals surface area contributed by atoms with Crippen LogP contribution in [0.4, 0.5) is 4.39 Å². The molecule has 1 aromatic carbocycles. The molecule has 1 heterocycles. The third-order valence-corrected chi connectivity index (χ3v) is 5.84. The molecule has 2 aliphatic rings. The summed E-state index contributed by atoms with van der Waals surface area (Å²) in [6, 6.07) is 3.29. The highest BCUT2D eigenvalue weighted by molar-refractivity contribution is 5.51. The van der Waals surface area contributed by atoms with E-state index in [0.29, 0.717) is 12.2 Å². The van der Waals surface area contributed by atoms with Crippen LogP contribution in [0, 0.1) is 17.2 Å². The molecule has 0 radical (unpaired) electrons. The number of piperidine rings is 1.